The fourth-order valence-electron chi connectivity index (χ4n) is 6.47. The van der Waals surface area contributed by atoms with E-state index in [1.807, 2.05) is 36.7 Å². The van der Waals surface area contributed by atoms with Crippen molar-refractivity contribution in [1.82, 2.24) is 15.3 Å². The number of amides is 1. The number of carbonyl (C=O) groups excluding carboxylic acids is 5. The lowest BCUT2D eigenvalue weighted by Crippen LogP contribution is -2.42. The molecule has 0 unspecified atom stereocenters. The van der Waals surface area contributed by atoms with E-state index in [9.17, 15) is 33.9 Å². The van der Waals surface area contributed by atoms with Gasteiger partial charge in [0.1, 0.15) is 24.3 Å². The van der Waals surface area contributed by atoms with Crippen molar-refractivity contribution in [2.45, 2.75) is 96.4 Å². The molecular weight excluding hydrogens is 757 g/mol. The van der Waals surface area contributed by atoms with Crippen LogP contribution in [0, 0.1) is 18.3 Å². The van der Waals surface area contributed by atoms with Crippen LogP contribution in [0.1, 0.15) is 71.9 Å². The number of H-pyrrole nitrogens is 1. The Morgan fingerprint density at radius 2 is 1.75 bits per heavy atom. The van der Waals surface area contributed by atoms with Gasteiger partial charge in [0.25, 0.3) is 23.4 Å². The molecular formula is C38H46N4O10Si3. The summed E-state index contributed by atoms with van der Waals surface area (Å²) in [6.07, 6.45) is 6.91. The number of nitrogens with one attached hydrogen (secondary N) is 2. The number of aromatic amines is 1. The second-order valence-electron chi connectivity index (χ2n) is 14.1. The van der Waals surface area contributed by atoms with E-state index in [1.165, 1.54) is 0 Å². The van der Waals surface area contributed by atoms with Gasteiger partial charge in [-0.1, -0.05) is 5.92 Å². The number of aliphatic hydroxyl groups excluding tert-OH is 1. The second-order valence-corrected chi connectivity index (χ2v) is 19.7. The Hall–Kier alpha value is -4.90. The third kappa shape index (κ3) is 11.8. The number of aryl methyl sites for hydroxylation is 1. The van der Waals surface area contributed by atoms with Crippen molar-refractivity contribution in [2.75, 3.05) is 11.4 Å². The van der Waals surface area contributed by atoms with Crippen molar-refractivity contribution in [2.24, 2.45) is 5.92 Å². The molecule has 290 valence electrons. The van der Waals surface area contributed by atoms with Gasteiger partial charge in [0.2, 0.25) is 8.32 Å². The highest BCUT2D eigenvalue weighted by molar-refractivity contribution is 6.71. The SMILES string of the molecule is C#CCN(c1ccc(C(=O)N[C@@H](CCC(=O)C[C@H](CCC(=O)O[Si](C)(C)C)C(=O)O[Si]C)C(=O)O[Si]C)cc1)[C@H]1CCc2cc3nc(CO)[nH]c(=O)c3cc21. The zero-order chi connectivity index (χ0) is 40.3. The number of hydrogen-bond acceptors (Lipinski definition) is 12. The molecule has 0 saturated carbocycles. The molecule has 1 amide bonds. The van der Waals surface area contributed by atoms with Crippen molar-refractivity contribution in [3.8, 4) is 12.3 Å². The van der Waals surface area contributed by atoms with Gasteiger partial charge in [-0.3, -0.25) is 28.8 Å². The molecule has 1 aromatic heterocycles. The molecule has 3 atom stereocenters. The molecule has 3 N–H and O–H groups in total. The highest BCUT2D eigenvalue weighted by Crippen LogP contribution is 2.39. The molecule has 0 aliphatic heterocycles. The zero-order valence-electron chi connectivity index (χ0n) is 31.7. The fourth-order valence-corrected chi connectivity index (χ4v) is 7.96. The van der Waals surface area contributed by atoms with Crippen molar-refractivity contribution in [1.29, 1.82) is 0 Å². The average Bonchev–Trinajstić information content (AvgIpc) is 3.54. The summed E-state index contributed by atoms with van der Waals surface area (Å²) in [7, 11) is -2.44. The minimum absolute atomic E-state index is 0.0390. The third-order valence-corrected chi connectivity index (χ3v) is 10.6. The topological polar surface area (TPSA) is 194 Å². The average molecular weight is 803 g/mol. The molecule has 0 fully saturated rings. The van der Waals surface area contributed by atoms with Crippen LogP contribution in [0.25, 0.3) is 10.9 Å². The van der Waals surface area contributed by atoms with Gasteiger partial charge < -0.3 is 33.6 Å². The molecule has 2 aromatic carbocycles. The predicted octanol–water partition coefficient (Wildman–Crippen LogP) is 3.58. The van der Waals surface area contributed by atoms with Gasteiger partial charge >= 0.3 is 25.5 Å². The fraction of sp³-hybridized carbons (Fsp3) is 0.447. The molecule has 0 bridgehead atoms. The van der Waals surface area contributed by atoms with E-state index < -0.39 is 44.1 Å². The molecule has 1 heterocycles. The lowest BCUT2D eigenvalue weighted by atomic mass is 9.94. The number of rotatable bonds is 19. The first kappa shape index (κ1) is 42.8. The van der Waals surface area contributed by atoms with Gasteiger partial charge in [-0.05, 0) is 106 Å². The normalized spacial score (nSPS) is 14.6. The molecule has 55 heavy (non-hydrogen) atoms. The summed E-state index contributed by atoms with van der Waals surface area (Å²) in [5, 5.41) is 12.6. The summed E-state index contributed by atoms with van der Waals surface area (Å²) < 4.78 is 15.9. The highest BCUT2D eigenvalue weighted by Gasteiger charge is 2.31. The Labute approximate surface area is 326 Å². The van der Waals surface area contributed by atoms with E-state index in [4.69, 9.17) is 19.7 Å². The maximum Gasteiger partial charge on any atom is 0.315 e. The summed E-state index contributed by atoms with van der Waals surface area (Å²) in [5.41, 5.74) is 3.14. The van der Waals surface area contributed by atoms with E-state index in [1.54, 1.807) is 37.4 Å². The van der Waals surface area contributed by atoms with E-state index in [0.717, 1.165) is 29.7 Å². The molecule has 0 spiro atoms. The molecule has 3 aromatic rings. The van der Waals surface area contributed by atoms with Gasteiger partial charge in [0.15, 0.2) is 0 Å². The number of ketones is 1. The van der Waals surface area contributed by atoms with Crippen LogP contribution in [0.3, 0.4) is 0 Å². The minimum atomic E-state index is -2.12. The summed E-state index contributed by atoms with van der Waals surface area (Å²) >= 11 is 0. The molecule has 14 nitrogen and oxygen atoms in total. The summed E-state index contributed by atoms with van der Waals surface area (Å²) in [5.74, 6) is -0.533. The van der Waals surface area contributed by atoms with Gasteiger partial charge in [-0.25, -0.2) is 4.98 Å². The number of carbonyl (C=O) groups is 5. The predicted molar refractivity (Wildman–Crippen MR) is 210 cm³/mol. The van der Waals surface area contributed by atoms with Crippen LogP contribution in [0.4, 0.5) is 5.69 Å². The number of hydrogen-bond donors (Lipinski definition) is 3. The number of Topliss-reactive ketones (excluding diaryl/α,β-unsaturated/α-hetero) is 1. The molecule has 4 radical (unpaired) electrons. The van der Waals surface area contributed by atoms with E-state index in [2.05, 4.69) is 21.2 Å². The Morgan fingerprint density at radius 3 is 2.38 bits per heavy atom. The van der Waals surface area contributed by atoms with Crippen LogP contribution in [0.2, 0.25) is 32.7 Å². The van der Waals surface area contributed by atoms with Crippen molar-refractivity contribution >= 4 is 74.0 Å². The van der Waals surface area contributed by atoms with Crippen LogP contribution in [0.5, 0.6) is 0 Å². The van der Waals surface area contributed by atoms with Crippen molar-refractivity contribution in [3.05, 3.63) is 69.3 Å². The quantitative estimate of drug-likeness (QED) is 0.118. The summed E-state index contributed by atoms with van der Waals surface area (Å²) in [4.78, 5) is 86.1. The first-order valence-electron chi connectivity index (χ1n) is 17.9. The Morgan fingerprint density at radius 1 is 1.05 bits per heavy atom. The molecule has 4 rings (SSSR count). The number of nitrogens with zero attached hydrogens (tertiary/aromatic N) is 2. The van der Waals surface area contributed by atoms with Gasteiger partial charge in [-0.2, -0.15) is 0 Å². The maximum atomic E-state index is 13.4. The van der Waals surface area contributed by atoms with Gasteiger partial charge in [0.05, 0.1) is 29.4 Å². The van der Waals surface area contributed by atoms with E-state index in [0.29, 0.717) is 10.9 Å². The first-order valence-corrected chi connectivity index (χ1v) is 24.2. The van der Waals surface area contributed by atoms with E-state index >= 15 is 0 Å². The van der Waals surface area contributed by atoms with Crippen LogP contribution in [-0.2, 0) is 45.5 Å². The first-order chi connectivity index (χ1) is 26.2. The highest BCUT2D eigenvalue weighted by atomic mass is 28.4. The smallest absolute Gasteiger partial charge is 0.315 e. The number of aromatic nitrogens is 2. The monoisotopic (exact) mass is 802 g/mol. The molecule has 1 aliphatic rings. The Balaban J connectivity index is 1.44. The lowest BCUT2D eigenvalue weighted by Gasteiger charge is -2.30. The molecule has 0 saturated heterocycles. The van der Waals surface area contributed by atoms with Crippen LogP contribution in [0.15, 0.2) is 41.2 Å². The van der Waals surface area contributed by atoms with Crippen LogP contribution < -0.4 is 15.8 Å². The summed E-state index contributed by atoms with van der Waals surface area (Å²) in [6.45, 7) is 8.84. The number of terminal acetylenes is 1. The number of benzene rings is 2. The maximum absolute atomic E-state index is 13.4. The number of fused-ring (bicyclic) bond motifs is 2. The Bertz CT molecular complexity index is 1990. The number of anilines is 1. The van der Waals surface area contributed by atoms with Crippen LogP contribution >= 0.6 is 0 Å². The van der Waals surface area contributed by atoms with Crippen LogP contribution in [-0.4, -0.2) is 85.1 Å². The summed E-state index contributed by atoms with van der Waals surface area (Å²) in [6, 6.07) is 9.16. The zero-order valence-corrected chi connectivity index (χ0v) is 34.7. The molecule has 17 heteroatoms. The largest absolute Gasteiger partial charge is 0.520 e. The van der Waals surface area contributed by atoms with Gasteiger partial charge in [0, 0.05) is 30.5 Å². The number of aliphatic hydroxyl groups is 1. The van der Waals surface area contributed by atoms with Crippen molar-refractivity contribution < 1.29 is 42.4 Å². The van der Waals surface area contributed by atoms with E-state index in [-0.39, 0.29) is 93.6 Å². The standard InChI is InChI=1S/C38H46N4O10Si3/c1-7-18-42(32-16-10-24-20-31-29(21-28(24)32)36(47)41-33(22-43)39-31)26-12-8-23(9-13-26)35(46)40-30(38(49)51-54-3)15-14-27(44)19-25(37(48)50-53-2)11-17-34(45)52-55(4,5)6/h1,8-9,12-13,20-21,25,30,32,43H,10-11,14-19,22H2,2-6H3,(H,40,46)(H,39,41,47)/t25-,30-,32-/m0/s1. The lowest BCUT2D eigenvalue weighted by molar-refractivity contribution is -0.143. The van der Waals surface area contributed by atoms with Crippen molar-refractivity contribution in [3.63, 3.8) is 0 Å². The second kappa shape index (κ2) is 19.6. The van der Waals surface area contributed by atoms with Gasteiger partial charge in [-0.15, -0.1) is 6.42 Å². The minimum Gasteiger partial charge on any atom is -0.520 e. The third-order valence-electron chi connectivity index (χ3n) is 8.94. The molecule has 1 aliphatic carbocycles. The Kier molecular flexibility index (Phi) is 15.3.